The third-order valence-electron chi connectivity index (χ3n) is 4.06. The highest BCUT2D eigenvalue weighted by atomic mass is 16.3. The fourth-order valence-electron chi connectivity index (χ4n) is 2.67. The van der Waals surface area contributed by atoms with E-state index in [-0.39, 0.29) is 0 Å². The van der Waals surface area contributed by atoms with Gasteiger partial charge in [0.1, 0.15) is 5.76 Å². The normalized spacial score (nSPS) is 15.4. The van der Waals surface area contributed by atoms with Crippen LogP contribution in [-0.2, 0) is 6.54 Å². The van der Waals surface area contributed by atoms with Crippen molar-refractivity contribution in [1.82, 2.24) is 5.32 Å². The van der Waals surface area contributed by atoms with Crippen LogP contribution in [0.1, 0.15) is 43.4 Å². The van der Waals surface area contributed by atoms with E-state index in [1.54, 1.807) is 6.26 Å². The summed E-state index contributed by atoms with van der Waals surface area (Å²) in [7, 11) is 0. The van der Waals surface area contributed by atoms with Gasteiger partial charge in [0.05, 0.1) is 12.8 Å². The molecular formula is C17H21NO. The third kappa shape index (κ3) is 2.59. The summed E-state index contributed by atoms with van der Waals surface area (Å²) in [4.78, 5) is 0. The first-order valence-corrected chi connectivity index (χ1v) is 7.26. The van der Waals surface area contributed by atoms with E-state index in [9.17, 15) is 0 Å². The van der Waals surface area contributed by atoms with Crippen LogP contribution in [0.2, 0.25) is 0 Å². The van der Waals surface area contributed by atoms with Gasteiger partial charge in [0, 0.05) is 5.56 Å². The Balaban J connectivity index is 1.86. The number of hydrogen-bond acceptors (Lipinski definition) is 2. The van der Waals surface area contributed by atoms with Gasteiger partial charge in [-0.1, -0.05) is 37.6 Å². The van der Waals surface area contributed by atoms with Gasteiger partial charge in [-0.05, 0) is 42.5 Å². The first kappa shape index (κ1) is 12.5. The molecule has 2 nitrogen and oxygen atoms in total. The lowest BCUT2D eigenvalue weighted by Gasteiger charge is -2.26. The average molecular weight is 255 g/mol. The van der Waals surface area contributed by atoms with Crippen LogP contribution in [0.4, 0.5) is 0 Å². The molecule has 0 amide bonds. The number of nitrogens with one attached hydrogen (secondary N) is 1. The van der Waals surface area contributed by atoms with Crippen molar-refractivity contribution in [3.8, 4) is 11.1 Å². The Kier molecular flexibility index (Phi) is 3.69. The molecule has 1 aromatic carbocycles. The highest BCUT2D eigenvalue weighted by molar-refractivity contribution is 5.66. The quantitative estimate of drug-likeness (QED) is 0.860. The minimum absolute atomic E-state index is 0.782. The molecule has 1 N–H and O–H groups in total. The SMILES string of the molecule is CCNCc1occc1-c1cccc(C2CCC2)c1. The first-order chi connectivity index (χ1) is 9.38. The largest absolute Gasteiger partial charge is 0.467 e. The van der Waals surface area contributed by atoms with Gasteiger partial charge < -0.3 is 9.73 Å². The van der Waals surface area contributed by atoms with E-state index in [4.69, 9.17) is 4.42 Å². The summed E-state index contributed by atoms with van der Waals surface area (Å²) in [5.41, 5.74) is 3.99. The second-order valence-corrected chi connectivity index (χ2v) is 5.29. The molecular weight excluding hydrogens is 234 g/mol. The molecule has 3 rings (SSSR count). The third-order valence-corrected chi connectivity index (χ3v) is 4.06. The van der Waals surface area contributed by atoms with Crippen LogP contribution in [0.3, 0.4) is 0 Å². The standard InChI is InChI=1S/C17H21NO/c1-2-18-12-17-16(9-10-19-17)15-8-4-7-14(11-15)13-5-3-6-13/h4,7-11,13,18H,2-3,5-6,12H2,1H3. The topological polar surface area (TPSA) is 25.2 Å². The predicted octanol–water partition coefficient (Wildman–Crippen LogP) is 4.32. The molecule has 1 heterocycles. The zero-order valence-corrected chi connectivity index (χ0v) is 11.5. The van der Waals surface area contributed by atoms with Crippen LogP contribution >= 0.6 is 0 Å². The van der Waals surface area contributed by atoms with Gasteiger partial charge >= 0.3 is 0 Å². The molecule has 1 aliphatic carbocycles. The molecule has 1 aromatic heterocycles. The number of hydrogen-bond donors (Lipinski definition) is 1. The van der Waals surface area contributed by atoms with E-state index < -0.39 is 0 Å². The highest BCUT2D eigenvalue weighted by Gasteiger charge is 2.20. The number of rotatable bonds is 5. The van der Waals surface area contributed by atoms with Crippen LogP contribution in [0.5, 0.6) is 0 Å². The van der Waals surface area contributed by atoms with Crippen molar-refractivity contribution in [2.45, 2.75) is 38.6 Å². The van der Waals surface area contributed by atoms with Crippen molar-refractivity contribution in [3.05, 3.63) is 47.9 Å². The zero-order chi connectivity index (χ0) is 13.1. The maximum Gasteiger partial charge on any atom is 0.125 e. The Morgan fingerprint density at radius 2 is 2.16 bits per heavy atom. The van der Waals surface area contributed by atoms with Crippen LogP contribution in [0, 0.1) is 0 Å². The summed E-state index contributed by atoms with van der Waals surface area (Å²) in [5, 5.41) is 3.33. The summed E-state index contributed by atoms with van der Waals surface area (Å²) >= 11 is 0. The van der Waals surface area contributed by atoms with E-state index >= 15 is 0 Å². The highest BCUT2D eigenvalue weighted by Crippen LogP contribution is 2.38. The number of benzene rings is 1. The lowest BCUT2D eigenvalue weighted by atomic mass is 9.79. The smallest absolute Gasteiger partial charge is 0.125 e. The second kappa shape index (κ2) is 5.62. The summed E-state index contributed by atoms with van der Waals surface area (Å²) in [6, 6.07) is 11.0. The Hall–Kier alpha value is -1.54. The summed E-state index contributed by atoms with van der Waals surface area (Å²) in [6.45, 7) is 3.87. The van der Waals surface area contributed by atoms with E-state index in [1.807, 2.05) is 0 Å². The fourth-order valence-corrected chi connectivity index (χ4v) is 2.67. The maximum atomic E-state index is 5.60. The molecule has 0 atom stereocenters. The van der Waals surface area contributed by atoms with Gasteiger partial charge in [-0.3, -0.25) is 0 Å². The maximum absolute atomic E-state index is 5.60. The Morgan fingerprint density at radius 3 is 2.89 bits per heavy atom. The number of furan rings is 1. The molecule has 0 bridgehead atoms. The first-order valence-electron chi connectivity index (χ1n) is 7.26. The van der Waals surface area contributed by atoms with E-state index in [0.29, 0.717) is 0 Å². The Morgan fingerprint density at radius 1 is 1.26 bits per heavy atom. The molecule has 0 unspecified atom stereocenters. The van der Waals surface area contributed by atoms with Gasteiger partial charge in [-0.25, -0.2) is 0 Å². The van der Waals surface area contributed by atoms with E-state index in [2.05, 4.69) is 42.6 Å². The van der Waals surface area contributed by atoms with Crippen molar-refractivity contribution in [1.29, 1.82) is 0 Å². The van der Waals surface area contributed by atoms with Crippen LogP contribution < -0.4 is 5.32 Å². The monoisotopic (exact) mass is 255 g/mol. The van der Waals surface area contributed by atoms with Crippen LogP contribution in [0.25, 0.3) is 11.1 Å². The van der Waals surface area contributed by atoms with Crippen LogP contribution in [0.15, 0.2) is 41.0 Å². The molecule has 0 radical (unpaired) electrons. The van der Waals surface area contributed by atoms with Gasteiger partial charge in [0.2, 0.25) is 0 Å². The van der Waals surface area contributed by atoms with Crippen molar-refractivity contribution < 1.29 is 4.42 Å². The lowest BCUT2D eigenvalue weighted by Crippen LogP contribution is -2.11. The van der Waals surface area contributed by atoms with Crippen molar-refractivity contribution in [3.63, 3.8) is 0 Å². The molecule has 1 fully saturated rings. The molecule has 0 aliphatic heterocycles. The minimum atomic E-state index is 0.782. The van der Waals surface area contributed by atoms with Gasteiger partial charge in [-0.2, -0.15) is 0 Å². The fraction of sp³-hybridized carbons (Fsp3) is 0.412. The van der Waals surface area contributed by atoms with Crippen LogP contribution in [-0.4, -0.2) is 6.54 Å². The van der Waals surface area contributed by atoms with Crippen molar-refractivity contribution in [2.24, 2.45) is 0 Å². The van der Waals surface area contributed by atoms with Crippen molar-refractivity contribution in [2.75, 3.05) is 6.54 Å². The second-order valence-electron chi connectivity index (χ2n) is 5.29. The molecule has 2 heteroatoms. The average Bonchev–Trinajstić information content (AvgIpc) is 2.83. The summed E-state index contributed by atoms with van der Waals surface area (Å²) in [5.74, 6) is 1.82. The minimum Gasteiger partial charge on any atom is -0.467 e. The molecule has 2 aromatic rings. The molecule has 100 valence electrons. The Bertz CT molecular complexity index is 540. The van der Waals surface area contributed by atoms with Crippen molar-refractivity contribution >= 4 is 0 Å². The molecule has 19 heavy (non-hydrogen) atoms. The zero-order valence-electron chi connectivity index (χ0n) is 11.5. The Labute approximate surface area is 114 Å². The predicted molar refractivity (Wildman–Crippen MR) is 78.1 cm³/mol. The van der Waals surface area contributed by atoms with Gasteiger partial charge in [0.15, 0.2) is 0 Å². The van der Waals surface area contributed by atoms with Gasteiger partial charge in [-0.15, -0.1) is 0 Å². The van der Waals surface area contributed by atoms with E-state index in [0.717, 1.165) is 24.8 Å². The summed E-state index contributed by atoms with van der Waals surface area (Å²) < 4.78 is 5.60. The molecule has 0 spiro atoms. The lowest BCUT2D eigenvalue weighted by molar-refractivity contribution is 0.420. The molecule has 1 saturated carbocycles. The molecule has 0 saturated heterocycles. The van der Waals surface area contributed by atoms with E-state index in [1.165, 1.54) is 36.0 Å². The van der Waals surface area contributed by atoms with Gasteiger partial charge in [0.25, 0.3) is 0 Å². The molecule has 1 aliphatic rings. The summed E-state index contributed by atoms with van der Waals surface area (Å²) in [6.07, 6.45) is 5.86.